The highest BCUT2D eigenvalue weighted by Gasteiger charge is 2.30. The van der Waals surface area contributed by atoms with Gasteiger partial charge in [0.05, 0.1) is 31.9 Å². The van der Waals surface area contributed by atoms with Crippen LogP contribution in [0.15, 0.2) is 54.2 Å². The van der Waals surface area contributed by atoms with Crippen LogP contribution in [0.25, 0.3) is 5.69 Å². The fourth-order valence-electron chi connectivity index (χ4n) is 4.19. The van der Waals surface area contributed by atoms with Gasteiger partial charge in [-0.25, -0.2) is 4.98 Å². The topological polar surface area (TPSA) is 88.4 Å². The van der Waals surface area contributed by atoms with Crippen molar-refractivity contribution in [1.29, 1.82) is 0 Å². The Labute approximate surface area is 191 Å². The van der Waals surface area contributed by atoms with Gasteiger partial charge in [-0.3, -0.25) is 0 Å². The zero-order chi connectivity index (χ0) is 22.6. The standard InChI is InChI=1S/C24H26N4O5/c1-29-21-10-17(22(30-2)24-23(21)31-15-32-24)9-19-11-18(27-33-19)13-26-12-16-5-3-4-6-20(16)28-8-7-25-14-28/h3-8,10,14,19,26H,9,11-13,15H2,1-2H3/t19-/m1/s1. The molecule has 1 atom stereocenters. The number of hydrogen-bond donors (Lipinski definition) is 1. The number of methoxy groups -OCH3 is 2. The van der Waals surface area contributed by atoms with Crippen LogP contribution >= 0.6 is 0 Å². The highest BCUT2D eigenvalue weighted by molar-refractivity contribution is 5.87. The minimum absolute atomic E-state index is 0.0842. The Morgan fingerprint density at radius 1 is 1.09 bits per heavy atom. The van der Waals surface area contributed by atoms with Gasteiger partial charge in [-0.1, -0.05) is 23.4 Å². The Morgan fingerprint density at radius 3 is 2.79 bits per heavy atom. The summed E-state index contributed by atoms with van der Waals surface area (Å²) in [6.07, 6.45) is 6.79. The molecule has 0 radical (unpaired) electrons. The normalized spacial score (nSPS) is 16.4. The number of para-hydroxylation sites is 1. The summed E-state index contributed by atoms with van der Waals surface area (Å²) in [5.74, 6) is 2.41. The quantitative estimate of drug-likeness (QED) is 0.536. The fourth-order valence-corrected chi connectivity index (χ4v) is 4.19. The predicted molar refractivity (Wildman–Crippen MR) is 122 cm³/mol. The summed E-state index contributed by atoms with van der Waals surface area (Å²) in [7, 11) is 3.23. The van der Waals surface area contributed by atoms with Crippen molar-refractivity contribution in [3.63, 3.8) is 0 Å². The van der Waals surface area contributed by atoms with Crippen LogP contribution in [0, 0.1) is 0 Å². The maximum absolute atomic E-state index is 5.71. The van der Waals surface area contributed by atoms with E-state index >= 15 is 0 Å². The highest BCUT2D eigenvalue weighted by Crippen LogP contribution is 2.49. The van der Waals surface area contributed by atoms with Crippen LogP contribution in [0.4, 0.5) is 0 Å². The molecule has 0 saturated carbocycles. The van der Waals surface area contributed by atoms with Gasteiger partial charge in [0, 0.05) is 43.9 Å². The highest BCUT2D eigenvalue weighted by atomic mass is 16.7. The number of nitrogens with zero attached hydrogens (tertiary/aromatic N) is 3. The summed E-state index contributed by atoms with van der Waals surface area (Å²) in [6, 6.07) is 10.2. The molecule has 172 valence electrons. The number of nitrogens with one attached hydrogen (secondary N) is 1. The summed E-state index contributed by atoms with van der Waals surface area (Å²) < 4.78 is 24.2. The number of aromatic nitrogens is 2. The molecule has 9 nitrogen and oxygen atoms in total. The van der Waals surface area contributed by atoms with Gasteiger partial charge >= 0.3 is 0 Å². The van der Waals surface area contributed by atoms with E-state index in [4.69, 9.17) is 23.8 Å². The summed E-state index contributed by atoms with van der Waals surface area (Å²) in [5, 5.41) is 7.78. The van der Waals surface area contributed by atoms with E-state index in [1.165, 1.54) is 5.56 Å². The lowest BCUT2D eigenvalue weighted by atomic mass is 10.0. The Kier molecular flexibility index (Phi) is 6.03. The monoisotopic (exact) mass is 450 g/mol. The van der Waals surface area contributed by atoms with Crippen LogP contribution in [0.2, 0.25) is 0 Å². The van der Waals surface area contributed by atoms with E-state index < -0.39 is 0 Å². The van der Waals surface area contributed by atoms with Crippen LogP contribution in [-0.2, 0) is 17.8 Å². The number of rotatable bonds is 9. The molecule has 2 aromatic carbocycles. The number of oxime groups is 1. The predicted octanol–water partition coefficient (Wildman–Crippen LogP) is 3.10. The van der Waals surface area contributed by atoms with Crippen LogP contribution in [0.5, 0.6) is 23.0 Å². The van der Waals surface area contributed by atoms with E-state index in [0.29, 0.717) is 42.5 Å². The second kappa shape index (κ2) is 9.41. The van der Waals surface area contributed by atoms with Gasteiger partial charge in [-0.15, -0.1) is 0 Å². The van der Waals surface area contributed by atoms with Crippen molar-refractivity contribution in [1.82, 2.24) is 14.9 Å². The maximum atomic E-state index is 5.71. The molecule has 0 spiro atoms. The lowest BCUT2D eigenvalue weighted by molar-refractivity contribution is 0.0853. The van der Waals surface area contributed by atoms with Gasteiger partial charge in [0.2, 0.25) is 18.3 Å². The Hall–Kier alpha value is -3.72. The molecule has 33 heavy (non-hydrogen) atoms. The third kappa shape index (κ3) is 4.31. The molecule has 0 saturated heterocycles. The second-order valence-corrected chi connectivity index (χ2v) is 7.83. The van der Waals surface area contributed by atoms with E-state index in [2.05, 4.69) is 27.6 Å². The van der Waals surface area contributed by atoms with Crippen molar-refractivity contribution >= 4 is 5.71 Å². The molecule has 5 rings (SSSR count). The van der Waals surface area contributed by atoms with E-state index in [1.807, 2.05) is 29.0 Å². The Bertz CT molecular complexity index is 1150. The molecular weight excluding hydrogens is 424 g/mol. The molecule has 1 N–H and O–H groups in total. The van der Waals surface area contributed by atoms with Crippen molar-refractivity contribution in [2.45, 2.75) is 25.5 Å². The number of ether oxygens (including phenoxy) is 4. The zero-order valence-electron chi connectivity index (χ0n) is 18.6. The van der Waals surface area contributed by atoms with Gasteiger partial charge in [-0.2, -0.15) is 0 Å². The number of imidazole rings is 1. The number of benzene rings is 2. The third-order valence-corrected chi connectivity index (χ3v) is 5.72. The van der Waals surface area contributed by atoms with Crippen molar-refractivity contribution in [2.75, 3.05) is 27.6 Å². The molecule has 0 unspecified atom stereocenters. The minimum Gasteiger partial charge on any atom is -0.493 e. The SMILES string of the molecule is COc1cc(C[C@@H]2CC(CNCc3ccccc3-n3ccnc3)=NO2)c(OC)c2c1OCO2. The third-order valence-electron chi connectivity index (χ3n) is 5.72. The minimum atomic E-state index is -0.0842. The fraction of sp³-hybridized carbons (Fsp3) is 0.333. The molecule has 3 aromatic rings. The second-order valence-electron chi connectivity index (χ2n) is 7.83. The van der Waals surface area contributed by atoms with Gasteiger partial charge in [0.15, 0.2) is 11.5 Å². The first-order chi connectivity index (χ1) is 16.3. The first-order valence-electron chi connectivity index (χ1n) is 10.8. The van der Waals surface area contributed by atoms with Crippen LogP contribution in [0.3, 0.4) is 0 Å². The van der Waals surface area contributed by atoms with Crippen molar-refractivity contribution < 1.29 is 23.8 Å². The van der Waals surface area contributed by atoms with Crippen molar-refractivity contribution in [2.24, 2.45) is 5.16 Å². The molecule has 2 aliphatic rings. The van der Waals surface area contributed by atoms with Gasteiger partial charge in [-0.05, 0) is 17.7 Å². The van der Waals surface area contributed by atoms with Crippen molar-refractivity contribution in [3.8, 4) is 28.7 Å². The molecule has 1 aromatic heterocycles. The molecule has 2 aliphatic heterocycles. The first-order valence-corrected chi connectivity index (χ1v) is 10.8. The Morgan fingerprint density at radius 2 is 1.97 bits per heavy atom. The van der Waals surface area contributed by atoms with Crippen LogP contribution in [0.1, 0.15) is 17.5 Å². The lowest BCUT2D eigenvalue weighted by Crippen LogP contribution is -2.23. The largest absolute Gasteiger partial charge is 0.493 e. The van der Waals surface area contributed by atoms with E-state index in [1.54, 1.807) is 26.7 Å². The maximum Gasteiger partial charge on any atom is 0.231 e. The van der Waals surface area contributed by atoms with Crippen molar-refractivity contribution in [3.05, 3.63) is 60.2 Å². The average Bonchev–Trinajstić information content (AvgIpc) is 3.61. The summed E-state index contributed by atoms with van der Waals surface area (Å²) in [5.41, 5.74) is 4.20. The molecule has 0 fully saturated rings. The van der Waals surface area contributed by atoms with Crippen LogP contribution < -0.4 is 24.3 Å². The molecule has 0 bridgehead atoms. The average molecular weight is 450 g/mol. The summed E-state index contributed by atoms with van der Waals surface area (Å²) >= 11 is 0. The van der Waals surface area contributed by atoms with E-state index in [-0.39, 0.29) is 12.9 Å². The summed E-state index contributed by atoms with van der Waals surface area (Å²) in [4.78, 5) is 9.86. The molecular formula is C24H26N4O5. The number of hydrogen-bond acceptors (Lipinski definition) is 8. The smallest absolute Gasteiger partial charge is 0.231 e. The zero-order valence-corrected chi connectivity index (χ0v) is 18.6. The Balaban J connectivity index is 1.19. The molecule has 9 heteroatoms. The molecule has 0 amide bonds. The van der Waals surface area contributed by atoms with E-state index in [0.717, 1.165) is 23.4 Å². The van der Waals surface area contributed by atoms with Gasteiger partial charge in [0.25, 0.3) is 0 Å². The molecule has 3 heterocycles. The lowest BCUT2D eigenvalue weighted by Gasteiger charge is -2.16. The summed E-state index contributed by atoms with van der Waals surface area (Å²) in [6.45, 7) is 1.51. The molecule has 0 aliphatic carbocycles. The van der Waals surface area contributed by atoms with Crippen LogP contribution in [-0.4, -0.2) is 48.9 Å². The van der Waals surface area contributed by atoms with Gasteiger partial charge < -0.3 is 33.7 Å². The van der Waals surface area contributed by atoms with Gasteiger partial charge in [0.1, 0.15) is 6.10 Å². The number of fused-ring (bicyclic) bond motifs is 1. The first kappa shape index (κ1) is 21.1. The van der Waals surface area contributed by atoms with E-state index in [9.17, 15) is 0 Å².